The molecule has 0 heterocycles. The highest BCUT2D eigenvalue weighted by Crippen LogP contribution is 2.10. The van der Waals surface area contributed by atoms with Crippen LogP contribution in [0.25, 0.3) is 0 Å². The second kappa shape index (κ2) is 5.87. The molecule has 0 aromatic rings. The molecule has 0 aliphatic carbocycles. The van der Waals surface area contributed by atoms with Gasteiger partial charge in [0.05, 0.1) is 6.54 Å². The fourth-order valence-electron chi connectivity index (χ4n) is 0.821. The zero-order chi connectivity index (χ0) is 11.2. The lowest BCUT2D eigenvalue weighted by Gasteiger charge is -2.18. The first-order valence-electron chi connectivity index (χ1n) is 4.31. The number of aliphatic hydroxyl groups excluding tert-OH is 1. The van der Waals surface area contributed by atoms with Crippen molar-refractivity contribution in [3.05, 3.63) is 0 Å². The first kappa shape index (κ1) is 13.2. The highest BCUT2D eigenvalue weighted by Gasteiger charge is 2.27. The molecule has 0 saturated heterocycles. The Labute approximate surface area is 80.9 Å². The summed E-state index contributed by atoms with van der Waals surface area (Å²) in [6, 6.07) is -0.302. The fraction of sp³-hybridized carbons (Fsp3) is 0.875. The van der Waals surface area contributed by atoms with Crippen molar-refractivity contribution in [2.45, 2.75) is 31.7 Å². The van der Waals surface area contributed by atoms with Gasteiger partial charge in [0.25, 0.3) is 5.92 Å². The predicted molar refractivity (Wildman–Crippen MR) is 46.4 cm³/mol. The standard InChI is InChI=1S/C8H15F2NO3/c1-6(2-3-7(13)14)11-4-8(9,10)5-12/h6,11-12H,2-5H2,1H3,(H,13,14). The Morgan fingerprint density at radius 3 is 2.57 bits per heavy atom. The molecule has 0 fully saturated rings. The van der Waals surface area contributed by atoms with Crippen LogP contribution >= 0.6 is 0 Å². The largest absolute Gasteiger partial charge is 0.481 e. The summed E-state index contributed by atoms with van der Waals surface area (Å²) in [6.45, 7) is -0.216. The highest BCUT2D eigenvalue weighted by molar-refractivity contribution is 5.66. The van der Waals surface area contributed by atoms with E-state index in [-0.39, 0.29) is 18.9 Å². The molecular formula is C8H15F2NO3. The minimum Gasteiger partial charge on any atom is -0.481 e. The van der Waals surface area contributed by atoms with Crippen molar-refractivity contribution in [3.8, 4) is 0 Å². The summed E-state index contributed by atoms with van der Waals surface area (Å²) >= 11 is 0. The van der Waals surface area contributed by atoms with Gasteiger partial charge < -0.3 is 15.5 Å². The van der Waals surface area contributed by atoms with Gasteiger partial charge in [-0.05, 0) is 13.3 Å². The molecule has 14 heavy (non-hydrogen) atoms. The van der Waals surface area contributed by atoms with E-state index in [1.807, 2.05) is 0 Å². The van der Waals surface area contributed by atoms with E-state index in [0.717, 1.165) is 0 Å². The number of hydrogen-bond acceptors (Lipinski definition) is 3. The lowest BCUT2D eigenvalue weighted by atomic mass is 10.2. The first-order valence-corrected chi connectivity index (χ1v) is 4.31. The molecule has 6 heteroatoms. The van der Waals surface area contributed by atoms with Gasteiger partial charge in [-0.25, -0.2) is 8.78 Å². The van der Waals surface area contributed by atoms with E-state index in [1.54, 1.807) is 6.92 Å². The van der Waals surface area contributed by atoms with Crippen LogP contribution in [0.15, 0.2) is 0 Å². The Morgan fingerprint density at radius 1 is 1.57 bits per heavy atom. The van der Waals surface area contributed by atoms with Gasteiger partial charge in [0, 0.05) is 12.5 Å². The second-order valence-electron chi connectivity index (χ2n) is 3.23. The minimum atomic E-state index is -3.14. The normalized spacial score (nSPS) is 14.0. The topological polar surface area (TPSA) is 69.6 Å². The molecule has 0 rings (SSSR count). The third-order valence-electron chi connectivity index (χ3n) is 1.73. The SMILES string of the molecule is CC(CCC(=O)O)NCC(F)(F)CO. The maximum atomic E-state index is 12.5. The number of halogens is 2. The minimum absolute atomic E-state index is 0.0567. The third kappa shape index (κ3) is 6.73. The van der Waals surface area contributed by atoms with E-state index >= 15 is 0 Å². The molecule has 0 radical (unpaired) electrons. The number of carbonyl (C=O) groups is 1. The number of hydrogen-bond donors (Lipinski definition) is 3. The van der Waals surface area contributed by atoms with E-state index < -0.39 is 25.0 Å². The fourth-order valence-corrected chi connectivity index (χ4v) is 0.821. The second-order valence-corrected chi connectivity index (χ2v) is 3.23. The van der Waals surface area contributed by atoms with Crippen LogP contribution in [-0.4, -0.2) is 41.3 Å². The van der Waals surface area contributed by atoms with Crippen LogP contribution in [0, 0.1) is 0 Å². The number of carboxylic acids is 1. The Hall–Kier alpha value is -0.750. The average Bonchev–Trinajstić information content (AvgIpc) is 2.11. The molecule has 0 bridgehead atoms. The van der Waals surface area contributed by atoms with Gasteiger partial charge in [-0.2, -0.15) is 0 Å². The molecule has 0 amide bonds. The summed E-state index contributed by atoms with van der Waals surface area (Å²) in [5, 5.41) is 19.0. The van der Waals surface area contributed by atoms with Crippen LogP contribution < -0.4 is 5.32 Å². The van der Waals surface area contributed by atoms with Gasteiger partial charge in [-0.15, -0.1) is 0 Å². The smallest absolute Gasteiger partial charge is 0.303 e. The average molecular weight is 211 g/mol. The van der Waals surface area contributed by atoms with Gasteiger partial charge in [0.2, 0.25) is 0 Å². The van der Waals surface area contributed by atoms with Gasteiger partial charge in [-0.3, -0.25) is 4.79 Å². The Balaban J connectivity index is 3.63. The van der Waals surface area contributed by atoms with Gasteiger partial charge in [0.1, 0.15) is 6.61 Å². The highest BCUT2D eigenvalue weighted by atomic mass is 19.3. The van der Waals surface area contributed by atoms with Crippen LogP contribution in [0.3, 0.4) is 0 Å². The predicted octanol–water partition coefficient (Wildman–Crippen LogP) is 0.457. The molecule has 0 aliphatic rings. The number of alkyl halides is 2. The molecule has 3 N–H and O–H groups in total. The van der Waals surface area contributed by atoms with Gasteiger partial charge in [-0.1, -0.05) is 0 Å². The lowest BCUT2D eigenvalue weighted by Crippen LogP contribution is -2.40. The number of aliphatic hydroxyl groups is 1. The summed E-state index contributed by atoms with van der Waals surface area (Å²) in [4.78, 5) is 10.1. The van der Waals surface area contributed by atoms with Crippen LogP contribution in [0.1, 0.15) is 19.8 Å². The van der Waals surface area contributed by atoms with Crippen LogP contribution in [0.2, 0.25) is 0 Å². The molecule has 0 aromatic heterocycles. The monoisotopic (exact) mass is 211 g/mol. The number of nitrogens with one attached hydrogen (secondary N) is 1. The Morgan fingerprint density at radius 2 is 2.14 bits per heavy atom. The van der Waals surface area contributed by atoms with E-state index in [2.05, 4.69) is 5.32 Å². The lowest BCUT2D eigenvalue weighted by molar-refractivity contribution is -0.137. The van der Waals surface area contributed by atoms with Crippen molar-refractivity contribution in [2.24, 2.45) is 0 Å². The van der Waals surface area contributed by atoms with Crippen molar-refractivity contribution in [2.75, 3.05) is 13.2 Å². The number of carboxylic acid groups (broad SMARTS) is 1. The molecule has 0 spiro atoms. The molecule has 4 nitrogen and oxygen atoms in total. The summed E-state index contributed by atoms with van der Waals surface area (Å²) < 4.78 is 25.0. The summed E-state index contributed by atoms with van der Waals surface area (Å²) in [5.41, 5.74) is 0. The third-order valence-corrected chi connectivity index (χ3v) is 1.73. The molecule has 0 aliphatic heterocycles. The van der Waals surface area contributed by atoms with Crippen LogP contribution in [0.5, 0.6) is 0 Å². The number of rotatable bonds is 7. The first-order chi connectivity index (χ1) is 6.37. The Kier molecular flexibility index (Phi) is 5.56. The van der Waals surface area contributed by atoms with Crippen molar-refractivity contribution < 1.29 is 23.8 Å². The molecule has 1 unspecified atom stereocenters. The van der Waals surface area contributed by atoms with E-state index in [0.29, 0.717) is 0 Å². The summed E-state index contributed by atoms with van der Waals surface area (Å²) in [6.07, 6.45) is 0.232. The maximum Gasteiger partial charge on any atom is 0.303 e. The quantitative estimate of drug-likeness (QED) is 0.572. The molecule has 0 aromatic carbocycles. The van der Waals surface area contributed by atoms with Crippen molar-refractivity contribution in [1.29, 1.82) is 0 Å². The van der Waals surface area contributed by atoms with E-state index in [1.165, 1.54) is 0 Å². The van der Waals surface area contributed by atoms with Crippen molar-refractivity contribution >= 4 is 5.97 Å². The zero-order valence-corrected chi connectivity index (χ0v) is 7.96. The maximum absolute atomic E-state index is 12.5. The summed E-state index contributed by atoms with van der Waals surface area (Å²) in [7, 11) is 0. The molecular weight excluding hydrogens is 196 g/mol. The Bertz CT molecular complexity index is 187. The van der Waals surface area contributed by atoms with E-state index in [4.69, 9.17) is 10.2 Å². The van der Waals surface area contributed by atoms with Gasteiger partial charge >= 0.3 is 5.97 Å². The van der Waals surface area contributed by atoms with Crippen LogP contribution in [0.4, 0.5) is 8.78 Å². The van der Waals surface area contributed by atoms with Gasteiger partial charge in [0.15, 0.2) is 0 Å². The van der Waals surface area contributed by atoms with Crippen molar-refractivity contribution in [3.63, 3.8) is 0 Å². The molecule has 84 valence electrons. The number of aliphatic carboxylic acids is 1. The zero-order valence-electron chi connectivity index (χ0n) is 7.96. The molecule has 0 saturated carbocycles. The van der Waals surface area contributed by atoms with Crippen molar-refractivity contribution in [1.82, 2.24) is 5.32 Å². The molecule has 1 atom stereocenters. The summed E-state index contributed by atoms with van der Waals surface area (Å²) in [5.74, 6) is -4.09. The van der Waals surface area contributed by atoms with E-state index in [9.17, 15) is 13.6 Å². The van der Waals surface area contributed by atoms with Crippen LogP contribution in [-0.2, 0) is 4.79 Å².